The van der Waals surface area contributed by atoms with Crippen molar-refractivity contribution in [1.29, 1.82) is 0 Å². The number of nitrogens with zero attached hydrogens (tertiary/aromatic N) is 4. The van der Waals surface area contributed by atoms with E-state index in [2.05, 4.69) is 19.9 Å². The van der Waals surface area contributed by atoms with E-state index in [-0.39, 0.29) is 5.75 Å². The summed E-state index contributed by atoms with van der Waals surface area (Å²) >= 11 is 1.47. The van der Waals surface area contributed by atoms with Crippen molar-refractivity contribution in [1.82, 2.24) is 19.9 Å². The molecule has 0 radical (unpaired) electrons. The Hall–Kier alpha value is -2.68. The molecule has 0 saturated carbocycles. The Balaban J connectivity index is 1.64. The first-order chi connectivity index (χ1) is 12.1. The standard InChI is InChI=1S/C16H15F2N5OS/c17-15(18)24-13-6-4-11(5-7-13)14-21-22-16(23(14)19)25-10-8-12-3-1-2-9-20-12/h1-7,9,15H,8,10,19H2. The zero-order valence-corrected chi connectivity index (χ0v) is 13.9. The molecule has 0 unspecified atom stereocenters. The summed E-state index contributed by atoms with van der Waals surface area (Å²) in [5, 5.41) is 8.71. The Labute approximate surface area is 147 Å². The number of benzene rings is 1. The second kappa shape index (κ2) is 7.93. The molecule has 0 amide bonds. The van der Waals surface area contributed by atoms with Gasteiger partial charge in [-0.1, -0.05) is 17.8 Å². The molecule has 25 heavy (non-hydrogen) atoms. The second-order valence-corrected chi connectivity index (χ2v) is 6.06. The highest BCUT2D eigenvalue weighted by Gasteiger charge is 2.13. The molecule has 0 saturated heterocycles. The summed E-state index contributed by atoms with van der Waals surface area (Å²) in [7, 11) is 0. The maximum atomic E-state index is 12.2. The molecule has 0 aliphatic carbocycles. The number of aryl methyl sites for hydroxylation is 1. The fourth-order valence-electron chi connectivity index (χ4n) is 2.15. The lowest BCUT2D eigenvalue weighted by atomic mass is 10.2. The van der Waals surface area contributed by atoms with Gasteiger partial charge >= 0.3 is 6.61 Å². The van der Waals surface area contributed by atoms with Crippen molar-refractivity contribution in [3.8, 4) is 17.1 Å². The van der Waals surface area contributed by atoms with Crippen LogP contribution in [-0.4, -0.2) is 32.2 Å². The van der Waals surface area contributed by atoms with Gasteiger partial charge in [-0.2, -0.15) is 8.78 Å². The van der Waals surface area contributed by atoms with Crippen LogP contribution in [0.5, 0.6) is 5.75 Å². The molecular weight excluding hydrogens is 348 g/mol. The van der Waals surface area contributed by atoms with Crippen LogP contribution in [0, 0.1) is 0 Å². The minimum Gasteiger partial charge on any atom is -0.435 e. The van der Waals surface area contributed by atoms with Gasteiger partial charge in [0.2, 0.25) is 5.16 Å². The minimum absolute atomic E-state index is 0.0757. The van der Waals surface area contributed by atoms with E-state index in [1.165, 1.54) is 28.6 Å². The highest BCUT2D eigenvalue weighted by atomic mass is 32.2. The molecule has 2 aromatic heterocycles. The molecule has 130 valence electrons. The molecule has 0 bridgehead atoms. The summed E-state index contributed by atoms with van der Waals surface area (Å²) in [6, 6.07) is 11.9. The van der Waals surface area contributed by atoms with E-state index >= 15 is 0 Å². The summed E-state index contributed by atoms with van der Waals surface area (Å²) in [6.07, 6.45) is 2.54. The molecule has 0 aliphatic rings. The van der Waals surface area contributed by atoms with Crippen LogP contribution in [0.2, 0.25) is 0 Å². The van der Waals surface area contributed by atoms with E-state index in [1.807, 2.05) is 18.2 Å². The maximum Gasteiger partial charge on any atom is 0.387 e. The van der Waals surface area contributed by atoms with E-state index < -0.39 is 6.61 Å². The topological polar surface area (TPSA) is 78.9 Å². The van der Waals surface area contributed by atoms with Gasteiger partial charge < -0.3 is 10.6 Å². The third-order valence-electron chi connectivity index (χ3n) is 3.32. The third-order valence-corrected chi connectivity index (χ3v) is 4.26. The Morgan fingerprint density at radius 1 is 1.12 bits per heavy atom. The summed E-state index contributed by atoms with van der Waals surface area (Å²) in [5.41, 5.74) is 1.65. The largest absolute Gasteiger partial charge is 0.435 e. The summed E-state index contributed by atoms with van der Waals surface area (Å²) in [5.74, 6) is 7.32. The molecule has 2 heterocycles. The lowest BCUT2D eigenvalue weighted by Crippen LogP contribution is -2.12. The molecule has 2 N–H and O–H groups in total. The van der Waals surface area contributed by atoms with Crippen molar-refractivity contribution in [3.63, 3.8) is 0 Å². The van der Waals surface area contributed by atoms with Crippen molar-refractivity contribution in [3.05, 3.63) is 54.4 Å². The van der Waals surface area contributed by atoms with Gasteiger partial charge in [0.05, 0.1) is 0 Å². The van der Waals surface area contributed by atoms with Gasteiger partial charge in [0.25, 0.3) is 0 Å². The van der Waals surface area contributed by atoms with Crippen LogP contribution in [0.25, 0.3) is 11.4 Å². The van der Waals surface area contributed by atoms with Gasteiger partial charge in [0, 0.05) is 23.2 Å². The predicted octanol–water partition coefficient (Wildman–Crippen LogP) is 2.99. The van der Waals surface area contributed by atoms with Gasteiger partial charge in [0.15, 0.2) is 5.82 Å². The van der Waals surface area contributed by atoms with E-state index in [1.54, 1.807) is 18.3 Å². The van der Waals surface area contributed by atoms with Crippen molar-refractivity contribution in [2.75, 3.05) is 11.6 Å². The number of nitrogens with two attached hydrogens (primary N) is 1. The van der Waals surface area contributed by atoms with Gasteiger partial charge in [-0.3, -0.25) is 4.98 Å². The van der Waals surface area contributed by atoms with Crippen molar-refractivity contribution in [2.24, 2.45) is 0 Å². The second-order valence-electron chi connectivity index (χ2n) is 5.00. The number of alkyl halides is 2. The molecule has 9 heteroatoms. The minimum atomic E-state index is -2.86. The SMILES string of the molecule is Nn1c(SCCc2ccccn2)nnc1-c1ccc(OC(F)F)cc1. The molecule has 3 aromatic rings. The molecular formula is C16H15F2N5OS. The van der Waals surface area contributed by atoms with Crippen LogP contribution in [0.4, 0.5) is 8.78 Å². The Morgan fingerprint density at radius 2 is 1.92 bits per heavy atom. The number of nitrogen functional groups attached to an aromatic ring is 1. The fraction of sp³-hybridized carbons (Fsp3) is 0.188. The van der Waals surface area contributed by atoms with Gasteiger partial charge in [-0.05, 0) is 42.8 Å². The first-order valence-corrected chi connectivity index (χ1v) is 8.40. The lowest BCUT2D eigenvalue weighted by Gasteiger charge is -2.06. The van der Waals surface area contributed by atoms with E-state index in [0.717, 1.165) is 17.9 Å². The molecule has 0 spiro atoms. The lowest BCUT2D eigenvalue weighted by molar-refractivity contribution is -0.0498. The fourth-order valence-corrected chi connectivity index (χ4v) is 2.97. The number of thioether (sulfide) groups is 1. The summed E-state index contributed by atoms with van der Waals surface area (Å²) in [6.45, 7) is -2.86. The average Bonchev–Trinajstić information content (AvgIpc) is 2.97. The first kappa shape index (κ1) is 17.2. The number of ether oxygens (including phenoxy) is 1. The first-order valence-electron chi connectivity index (χ1n) is 7.42. The van der Waals surface area contributed by atoms with Crippen LogP contribution in [0.3, 0.4) is 0 Å². The van der Waals surface area contributed by atoms with Gasteiger partial charge in [-0.15, -0.1) is 10.2 Å². The Morgan fingerprint density at radius 3 is 2.60 bits per heavy atom. The van der Waals surface area contributed by atoms with Crippen molar-refractivity contribution >= 4 is 11.8 Å². The summed E-state index contributed by atoms with van der Waals surface area (Å²) in [4.78, 5) is 4.26. The molecule has 0 fully saturated rings. The number of hydrogen-bond donors (Lipinski definition) is 1. The highest BCUT2D eigenvalue weighted by molar-refractivity contribution is 7.99. The Kier molecular flexibility index (Phi) is 5.44. The zero-order chi connectivity index (χ0) is 17.6. The van der Waals surface area contributed by atoms with Crippen molar-refractivity contribution in [2.45, 2.75) is 18.2 Å². The predicted molar refractivity (Wildman–Crippen MR) is 90.9 cm³/mol. The molecule has 3 rings (SSSR count). The molecule has 0 atom stereocenters. The molecule has 0 aliphatic heterocycles. The van der Waals surface area contributed by atoms with Crippen LogP contribution in [0.1, 0.15) is 5.69 Å². The van der Waals surface area contributed by atoms with Gasteiger partial charge in [0.1, 0.15) is 5.75 Å². The van der Waals surface area contributed by atoms with Gasteiger partial charge in [-0.25, -0.2) is 4.68 Å². The molecule has 6 nitrogen and oxygen atoms in total. The number of hydrogen-bond acceptors (Lipinski definition) is 6. The number of halogens is 2. The maximum absolute atomic E-state index is 12.2. The average molecular weight is 363 g/mol. The smallest absolute Gasteiger partial charge is 0.387 e. The van der Waals surface area contributed by atoms with Crippen molar-refractivity contribution < 1.29 is 13.5 Å². The highest BCUT2D eigenvalue weighted by Crippen LogP contribution is 2.24. The normalized spacial score (nSPS) is 11.0. The van der Waals surface area contributed by atoms with Crippen LogP contribution in [0.15, 0.2) is 53.8 Å². The third kappa shape index (κ3) is 4.44. The van der Waals surface area contributed by atoms with Crippen LogP contribution < -0.4 is 10.6 Å². The van der Waals surface area contributed by atoms with E-state index in [0.29, 0.717) is 16.5 Å². The van der Waals surface area contributed by atoms with E-state index in [9.17, 15) is 8.78 Å². The number of rotatable bonds is 7. The van der Waals surface area contributed by atoms with Crippen LogP contribution >= 0.6 is 11.8 Å². The van der Waals surface area contributed by atoms with E-state index in [4.69, 9.17) is 5.84 Å². The summed E-state index contributed by atoms with van der Waals surface area (Å²) < 4.78 is 30.1. The number of pyridine rings is 1. The Bertz CT molecular complexity index is 811. The van der Waals surface area contributed by atoms with Crippen LogP contribution in [-0.2, 0) is 6.42 Å². The molecule has 1 aromatic carbocycles. The monoisotopic (exact) mass is 363 g/mol. The zero-order valence-electron chi connectivity index (χ0n) is 13.0. The number of aromatic nitrogens is 4. The quantitative estimate of drug-likeness (QED) is 0.514.